The Morgan fingerprint density at radius 3 is 2.33 bits per heavy atom. The van der Waals surface area contributed by atoms with E-state index < -0.39 is 0 Å². The molecule has 132 valence electrons. The van der Waals surface area contributed by atoms with E-state index in [-0.39, 0.29) is 30.1 Å². The van der Waals surface area contributed by atoms with E-state index in [9.17, 15) is 9.59 Å². The number of hydrogen-bond acceptors (Lipinski definition) is 3. The van der Waals surface area contributed by atoms with Gasteiger partial charge in [0.2, 0.25) is 5.91 Å². The number of halogens is 1. The van der Waals surface area contributed by atoms with Crippen LogP contribution < -0.4 is 16.0 Å². The Labute approximate surface area is 149 Å². The van der Waals surface area contributed by atoms with Crippen molar-refractivity contribution in [2.24, 2.45) is 5.92 Å². The van der Waals surface area contributed by atoms with Gasteiger partial charge in [-0.15, -0.1) is 12.4 Å². The maximum Gasteiger partial charge on any atom is 0.251 e. The van der Waals surface area contributed by atoms with E-state index >= 15 is 0 Å². The van der Waals surface area contributed by atoms with Crippen molar-refractivity contribution in [2.75, 3.05) is 18.4 Å². The SMILES string of the molecule is Cl.O=C(NC1CCCCC1)c1ccc(NC(=O)C2CCNC2)cc1. The Bertz CT molecular complexity index is 550. The number of hydrogen-bond donors (Lipinski definition) is 3. The lowest BCUT2D eigenvalue weighted by Crippen LogP contribution is -2.36. The standard InChI is InChI=1S/C18H25N3O2.ClH/c22-17(20-15-4-2-1-3-5-15)13-6-8-16(9-7-13)21-18(23)14-10-11-19-12-14;/h6-9,14-15,19H,1-5,10-12H2,(H,20,22)(H,21,23);1H. The van der Waals surface area contributed by atoms with Crippen LogP contribution in [0.3, 0.4) is 0 Å². The Hall–Kier alpha value is -1.59. The molecule has 1 aromatic carbocycles. The van der Waals surface area contributed by atoms with Gasteiger partial charge in [0, 0.05) is 23.8 Å². The van der Waals surface area contributed by atoms with E-state index in [0.29, 0.717) is 11.6 Å². The van der Waals surface area contributed by atoms with E-state index in [0.717, 1.165) is 38.0 Å². The molecule has 3 N–H and O–H groups in total. The highest BCUT2D eigenvalue weighted by Gasteiger charge is 2.22. The molecule has 1 aliphatic heterocycles. The van der Waals surface area contributed by atoms with Crippen molar-refractivity contribution in [3.63, 3.8) is 0 Å². The second-order valence-electron chi connectivity index (χ2n) is 6.56. The lowest BCUT2D eigenvalue weighted by molar-refractivity contribution is -0.119. The summed E-state index contributed by atoms with van der Waals surface area (Å²) >= 11 is 0. The van der Waals surface area contributed by atoms with E-state index in [2.05, 4.69) is 16.0 Å². The molecule has 0 bridgehead atoms. The van der Waals surface area contributed by atoms with E-state index in [4.69, 9.17) is 0 Å². The number of carbonyl (C=O) groups excluding carboxylic acids is 2. The first-order valence-electron chi connectivity index (χ1n) is 8.65. The van der Waals surface area contributed by atoms with Crippen LogP contribution in [0.25, 0.3) is 0 Å². The van der Waals surface area contributed by atoms with Crippen molar-refractivity contribution in [1.82, 2.24) is 10.6 Å². The summed E-state index contributed by atoms with van der Waals surface area (Å²) in [6, 6.07) is 7.47. The van der Waals surface area contributed by atoms with Crippen LogP contribution >= 0.6 is 12.4 Å². The lowest BCUT2D eigenvalue weighted by atomic mass is 9.95. The normalized spacial score (nSPS) is 20.9. The summed E-state index contributed by atoms with van der Waals surface area (Å²) < 4.78 is 0. The molecule has 0 radical (unpaired) electrons. The molecule has 0 aromatic heterocycles. The molecule has 1 saturated heterocycles. The van der Waals surface area contributed by atoms with Crippen molar-refractivity contribution in [3.05, 3.63) is 29.8 Å². The fraction of sp³-hybridized carbons (Fsp3) is 0.556. The van der Waals surface area contributed by atoms with Gasteiger partial charge >= 0.3 is 0 Å². The summed E-state index contributed by atoms with van der Waals surface area (Å²) in [5.41, 5.74) is 1.40. The monoisotopic (exact) mass is 351 g/mol. The average Bonchev–Trinajstić information content (AvgIpc) is 3.11. The third-order valence-corrected chi connectivity index (χ3v) is 4.79. The van der Waals surface area contributed by atoms with Crippen molar-refractivity contribution >= 4 is 29.9 Å². The highest BCUT2D eigenvalue weighted by molar-refractivity contribution is 5.96. The van der Waals surface area contributed by atoms with Crippen molar-refractivity contribution in [1.29, 1.82) is 0 Å². The van der Waals surface area contributed by atoms with Gasteiger partial charge in [0.25, 0.3) is 5.91 Å². The predicted molar refractivity (Wildman–Crippen MR) is 97.6 cm³/mol. The van der Waals surface area contributed by atoms with Gasteiger partial charge in [-0.05, 0) is 50.1 Å². The van der Waals surface area contributed by atoms with Gasteiger partial charge < -0.3 is 16.0 Å². The maximum atomic E-state index is 12.2. The zero-order chi connectivity index (χ0) is 16.1. The molecular formula is C18H26ClN3O2. The molecule has 3 rings (SSSR count). The molecule has 1 unspecified atom stereocenters. The molecular weight excluding hydrogens is 326 g/mol. The minimum atomic E-state index is -0.0187. The number of carbonyl (C=O) groups is 2. The van der Waals surface area contributed by atoms with Gasteiger partial charge in [-0.25, -0.2) is 0 Å². The molecule has 1 saturated carbocycles. The zero-order valence-corrected chi connectivity index (χ0v) is 14.7. The Kier molecular flexibility index (Phi) is 7.06. The fourth-order valence-corrected chi connectivity index (χ4v) is 3.34. The summed E-state index contributed by atoms with van der Waals surface area (Å²) in [4.78, 5) is 24.3. The van der Waals surface area contributed by atoms with Crippen LogP contribution in [-0.2, 0) is 4.79 Å². The fourth-order valence-electron chi connectivity index (χ4n) is 3.34. The molecule has 24 heavy (non-hydrogen) atoms. The highest BCUT2D eigenvalue weighted by Crippen LogP contribution is 2.18. The smallest absolute Gasteiger partial charge is 0.251 e. The Morgan fingerprint density at radius 2 is 1.71 bits per heavy atom. The Morgan fingerprint density at radius 1 is 1.00 bits per heavy atom. The molecule has 2 amide bonds. The molecule has 6 heteroatoms. The average molecular weight is 352 g/mol. The summed E-state index contributed by atoms with van der Waals surface area (Å²) in [6.07, 6.45) is 6.72. The van der Waals surface area contributed by atoms with E-state index in [1.54, 1.807) is 24.3 Å². The third-order valence-electron chi connectivity index (χ3n) is 4.79. The number of amides is 2. The summed E-state index contributed by atoms with van der Waals surface area (Å²) in [6.45, 7) is 1.64. The topological polar surface area (TPSA) is 70.2 Å². The van der Waals surface area contributed by atoms with Gasteiger partial charge in [-0.2, -0.15) is 0 Å². The number of nitrogens with one attached hydrogen (secondary N) is 3. The van der Waals surface area contributed by atoms with Crippen LogP contribution in [0.15, 0.2) is 24.3 Å². The van der Waals surface area contributed by atoms with Crippen LogP contribution in [-0.4, -0.2) is 30.9 Å². The van der Waals surface area contributed by atoms with Gasteiger partial charge in [0.1, 0.15) is 0 Å². The van der Waals surface area contributed by atoms with Crippen molar-refractivity contribution < 1.29 is 9.59 Å². The van der Waals surface area contributed by atoms with Crippen LogP contribution in [0.1, 0.15) is 48.9 Å². The van der Waals surface area contributed by atoms with Crippen molar-refractivity contribution in [3.8, 4) is 0 Å². The predicted octanol–water partition coefficient (Wildman–Crippen LogP) is 2.72. The second-order valence-corrected chi connectivity index (χ2v) is 6.56. The van der Waals surface area contributed by atoms with Gasteiger partial charge in [-0.3, -0.25) is 9.59 Å². The quantitative estimate of drug-likeness (QED) is 0.781. The largest absolute Gasteiger partial charge is 0.349 e. The first-order valence-corrected chi connectivity index (χ1v) is 8.65. The molecule has 0 spiro atoms. The van der Waals surface area contributed by atoms with E-state index in [1.165, 1.54) is 19.3 Å². The molecule has 1 aliphatic carbocycles. The minimum Gasteiger partial charge on any atom is -0.349 e. The second kappa shape index (κ2) is 9.04. The molecule has 1 heterocycles. The molecule has 1 aromatic rings. The van der Waals surface area contributed by atoms with Gasteiger partial charge in [0.05, 0.1) is 5.92 Å². The first-order chi connectivity index (χ1) is 11.2. The molecule has 2 fully saturated rings. The summed E-state index contributed by atoms with van der Waals surface area (Å²) in [5.74, 6) is 0.0773. The van der Waals surface area contributed by atoms with Crippen LogP contribution in [0, 0.1) is 5.92 Å². The Balaban J connectivity index is 0.00000208. The number of anilines is 1. The molecule has 1 atom stereocenters. The molecule has 2 aliphatic rings. The van der Waals surface area contributed by atoms with Crippen LogP contribution in [0.2, 0.25) is 0 Å². The highest BCUT2D eigenvalue weighted by atomic mass is 35.5. The van der Waals surface area contributed by atoms with Crippen LogP contribution in [0.4, 0.5) is 5.69 Å². The maximum absolute atomic E-state index is 12.2. The third kappa shape index (κ3) is 4.95. The first kappa shape index (κ1) is 18.7. The number of rotatable bonds is 4. The van der Waals surface area contributed by atoms with E-state index in [1.807, 2.05) is 0 Å². The van der Waals surface area contributed by atoms with Gasteiger partial charge in [-0.1, -0.05) is 19.3 Å². The lowest BCUT2D eigenvalue weighted by Gasteiger charge is -2.22. The van der Waals surface area contributed by atoms with Gasteiger partial charge in [0.15, 0.2) is 0 Å². The minimum absolute atomic E-state index is 0. The van der Waals surface area contributed by atoms with Crippen molar-refractivity contribution in [2.45, 2.75) is 44.6 Å². The number of benzene rings is 1. The molecule has 5 nitrogen and oxygen atoms in total. The zero-order valence-electron chi connectivity index (χ0n) is 13.8. The summed E-state index contributed by atoms with van der Waals surface area (Å²) in [5, 5.41) is 9.21. The van der Waals surface area contributed by atoms with Crippen LogP contribution in [0.5, 0.6) is 0 Å². The summed E-state index contributed by atoms with van der Waals surface area (Å²) in [7, 11) is 0.